The van der Waals surface area contributed by atoms with Gasteiger partial charge in [0.25, 0.3) is 5.56 Å². The third-order valence-corrected chi connectivity index (χ3v) is 5.55. The molecule has 0 aliphatic carbocycles. The fourth-order valence-corrected chi connectivity index (χ4v) is 4.18. The van der Waals surface area contributed by atoms with E-state index < -0.39 is 0 Å². The smallest absolute Gasteiger partial charge is 0.252 e. The van der Waals surface area contributed by atoms with Gasteiger partial charge in [-0.2, -0.15) is 5.10 Å². The van der Waals surface area contributed by atoms with Crippen LogP contribution < -0.4 is 10.9 Å². The zero-order valence-corrected chi connectivity index (χ0v) is 15.5. The minimum absolute atomic E-state index is 0.0501. The Bertz CT molecular complexity index is 1150. The van der Waals surface area contributed by atoms with Crippen LogP contribution in [-0.2, 0) is 11.2 Å². The number of nitrogens with one attached hydrogen (secondary N) is 3. The van der Waals surface area contributed by atoms with E-state index in [4.69, 9.17) is 0 Å². The van der Waals surface area contributed by atoms with Crippen molar-refractivity contribution in [2.75, 3.05) is 5.32 Å². The van der Waals surface area contributed by atoms with E-state index >= 15 is 0 Å². The van der Waals surface area contributed by atoms with Crippen molar-refractivity contribution in [3.8, 4) is 11.4 Å². The molecule has 0 radical (unpaired) electrons. The molecule has 0 saturated heterocycles. The zero-order valence-electron chi connectivity index (χ0n) is 13.1. The van der Waals surface area contributed by atoms with E-state index in [1.807, 2.05) is 5.38 Å². The first kappa shape index (κ1) is 16.6. The summed E-state index contributed by atoms with van der Waals surface area (Å²) in [4.78, 5) is 35.6. The molecular weight excluding hydrogens is 420 g/mol. The van der Waals surface area contributed by atoms with Crippen LogP contribution in [0.5, 0.6) is 0 Å². The maximum absolute atomic E-state index is 12.5. The summed E-state index contributed by atoms with van der Waals surface area (Å²) in [5.41, 5.74) is 1.49. The normalized spacial score (nSPS) is 11.0. The van der Waals surface area contributed by atoms with Gasteiger partial charge < -0.3 is 10.3 Å². The average Bonchev–Trinajstić information content (AvgIpc) is 3.25. The molecule has 0 spiro atoms. The number of rotatable bonds is 4. The van der Waals surface area contributed by atoms with Crippen molar-refractivity contribution in [1.82, 2.24) is 25.1 Å². The van der Waals surface area contributed by atoms with E-state index in [9.17, 15) is 9.59 Å². The van der Waals surface area contributed by atoms with E-state index in [0.717, 1.165) is 15.4 Å². The van der Waals surface area contributed by atoms with Gasteiger partial charge in [0, 0.05) is 33.2 Å². The molecule has 8 nitrogen and oxygen atoms in total. The summed E-state index contributed by atoms with van der Waals surface area (Å²) in [7, 11) is 0. The Morgan fingerprint density at radius 2 is 2.27 bits per heavy atom. The first-order valence-corrected chi connectivity index (χ1v) is 9.17. The third kappa shape index (κ3) is 3.16. The quantitative estimate of drug-likeness (QED) is 0.460. The Morgan fingerprint density at radius 1 is 1.38 bits per heavy atom. The maximum atomic E-state index is 12.5. The average molecular weight is 431 g/mol. The number of carbonyl (C=O) groups is 1. The summed E-state index contributed by atoms with van der Waals surface area (Å²) >= 11 is 4.80. The van der Waals surface area contributed by atoms with Gasteiger partial charge in [-0.15, -0.1) is 11.3 Å². The van der Waals surface area contributed by atoms with Crippen LogP contribution in [0.3, 0.4) is 0 Å². The number of hydrogen-bond donors (Lipinski definition) is 3. The number of nitrogens with zero attached hydrogens (tertiary/aromatic N) is 3. The molecule has 1 amide bonds. The van der Waals surface area contributed by atoms with Gasteiger partial charge >= 0.3 is 0 Å². The van der Waals surface area contributed by atoms with Crippen LogP contribution >= 0.6 is 27.3 Å². The molecule has 3 N–H and O–H groups in total. The Kier molecular flexibility index (Phi) is 4.35. The van der Waals surface area contributed by atoms with Crippen LogP contribution in [0.1, 0.15) is 5.56 Å². The number of pyridine rings is 2. The molecule has 4 aromatic rings. The zero-order chi connectivity index (χ0) is 18.1. The molecule has 130 valence electrons. The summed E-state index contributed by atoms with van der Waals surface area (Å²) in [6.45, 7) is 0. The van der Waals surface area contributed by atoms with E-state index in [1.54, 1.807) is 24.5 Å². The predicted molar refractivity (Wildman–Crippen MR) is 102 cm³/mol. The fraction of sp³-hybridized carbons (Fsp3) is 0.0625. The van der Waals surface area contributed by atoms with Gasteiger partial charge in [0.15, 0.2) is 5.82 Å². The van der Waals surface area contributed by atoms with Gasteiger partial charge in [-0.05, 0) is 28.1 Å². The summed E-state index contributed by atoms with van der Waals surface area (Å²) in [5.74, 6) is 0.247. The third-order valence-electron chi connectivity index (χ3n) is 3.72. The number of amides is 1. The molecule has 0 saturated carbocycles. The van der Waals surface area contributed by atoms with Crippen molar-refractivity contribution in [2.24, 2.45) is 0 Å². The van der Waals surface area contributed by atoms with Crippen LogP contribution in [0.25, 0.3) is 22.3 Å². The number of H-pyrrole nitrogens is 2. The highest BCUT2D eigenvalue weighted by Gasteiger charge is 2.17. The molecule has 0 aliphatic rings. The Balaban J connectivity index is 1.59. The molecule has 26 heavy (non-hydrogen) atoms. The van der Waals surface area contributed by atoms with Crippen molar-refractivity contribution in [1.29, 1.82) is 0 Å². The number of anilines is 1. The molecule has 0 fully saturated rings. The first-order valence-electron chi connectivity index (χ1n) is 7.50. The Labute approximate surface area is 158 Å². The van der Waals surface area contributed by atoms with Crippen LogP contribution in [0.15, 0.2) is 45.5 Å². The molecule has 10 heteroatoms. The second-order valence-electron chi connectivity index (χ2n) is 5.43. The van der Waals surface area contributed by atoms with Crippen LogP contribution in [0.2, 0.25) is 0 Å². The largest absolute Gasteiger partial charge is 0.322 e. The van der Waals surface area contributed by atoms with Gasteiger partial charge in [-0.25, -0.2) is 4.98 Å². The number of aromatic amines is 2. The summed E-state index contributed by atoms with van der Waals surface area (Å²) in [6, 6.07) is 3.40. The topological polar surface area (TPSA) is 116 Å². The molecule has 4 aromatic heterocycles. The van der Waals surface area contributed by atoms with Crippen molar-refractivity contribution in [3.63, 3.8) is 0 Å². The molecular formula is C16H11BrN6O2S. The van der Waals surface area contributed by atoms with Crippen molar-refractivity contribution >= 4 is 49.1 Å². The molecule has 0 bridgehead atoms. The minimum Gasteiger partial charge on any atom is -0.322 e. The van der Waals surface area contributed by atoms with E-state index in [0.29, 0.717) is 21.9 Å². The highest BCUT2D eigenvalue weighted by Crippen LogP contribution is 2.38. The number of thiophene rings is 1. The minimum atomic E-state index is -0.297. The highest BCUT2D eigenvalue weighted by atomic mass is 79.9. The molecule has 4 heterocycles. The molecule has 0 aliphatic heterocycles. The molecule has 0 atom stereocenters. The van der Waals surface area contributed by atoms with Gasteiger partial charge in [0.1, 0.15) is 11.3 Å². The molecule has 0 unspecified atom stereocenters. The van der Waals surface area contributed by atoms with Crippen molar-refractivity contribution in [3.05, 3.63) is 56.6 Å². The van der Waals surface area contributed by atoms with Gasteiger partial charge in [-0.3, -0.25) is 19.7 Å². The maximum Gasteiger partial charge on any atom is 0.252 e. The van der Waals surface area contributed by atoms with E-state index in [-0.39, 0.29) is 17.9 Å². The predicted octanol–water partition coefficient (Wildman–Crippen LogP) is 2.71. The van der Waals surface area contributed by atoms with Crippen LogP contribution in [-0.4, -0.2) is 31.1 Å². The Morgan fingerprint density at radius 3 is 3.08 bits per heavy atom. The Hall–Kier alpha value is -2.85. The van der Waals surface area contributed by atoms with Gasteiger partial charge in [0.05, 0.1) is 17.5 Å². The monoisotopic (exact) mass is 430 g/mol. The fourth-order valence-electron chi connectivity index (χ4n) is 2.54. The van der Waals surface area contributed by atoms with E-state index in [1.165, 1.54) is 17.7 Å². The first-order chi connectivity index (χ1) is 12.6. The lowest BCUT2D eigenvalue weighted by molar-refractivity contribution is -0.115. The number of hydrogen-bond acceptors (Lipinski definition) is 6. The van der Waals surface area contributed by atoms with Gasteiger partial charge in [0.2, 0.25) is 5.91 Å². The number of halogens is 1. The number of carbonyl (C=O) groups excluding carboxylic acids is 1. The second kappa shape index (κ2) is 6.81. The van der Waals surface area contributed by atoms with Crippen LogP contribution in [0.4, 0.5) is 5.00 Å². The lowest BCUT2D eigenvalue weighted by Gasteiger charge is -2.06. The van der Waals surface area contributed by atoms with Crippen LogP contribution in [0, 0.1) is 0 Å². The van der Waals surface area contributed by atoms with Crippen molar-refractivity contribution in [2.45, 2.75) is 6.42 Å². The molecule has 0 aromatic carbocycles. The molecule has 4 rings (SSSR count). The summed E-state index contributed by atoms with van der Waals surface area (Å²) in [6.07, 6.45) is 4.59. The van der Waals surface area contributed by atoms with Crippen molar-refractivity contribution < 1.29 is 4.79 Å². The van der Waals surface area contributed by atoms with E-state index in [2.05, 4.69) is 46.4 Å². The lowest BCUT2D eigenvalue weighted by atomic mass is 10.1. The number of aromatic nitrogens is 5. The summed E-state index contributed by atoms with van der Waals surface area (Å²) in [5, 5.41) is 12.7. The summed E-state index contributed by atoms with van der Waals surface area (Å²) < 4.78 is 0.796. The van der Waals surface area contributed by atoms with Gasteiger partial charge in [-0.1, -0.05) is 0 Å². The second-order valence-corrected chi connectivity index (χ2v) is 7.17. The SMILES string of the molecule is O=C(Cc1cc2cnccc2[nH]c1=O)Nc1scc(Br)c1-c1ncn[nH]1. The lowest BCUT2D eigenvalue weighted by Crippen LogP contribution is -2.21. The standard InChI is InChI=1S/C16H11BrN6O2S/c17-10-6-26-16(13(10)14-19-7-20-23-14)22-12(24)4-8-3-9-5-18-2-1-11(9)21-15(8)25/h1-3,5-7H,4H2,(H,21,25)(H,22,24)(H,19,20,23). The highest BCUT2D eigenvalue weighted by molar-refractivity contribution is 9.10. The number of fused-ring (bicyclic) bond motifs is 1.